The van der Waals surface area contributed by atoms with Crippen LogP contribution in [0.1, 0.15) is 37.7 Å². The maximum absolute atomic E-state index is 5.98. The molecule has 6 nitrogen and oxygen atoms in total. The molecule has 0 aromatic heterocycles. The van der Waals surface area contributed by atoms with E-state index in [-0.39, 0.29) is 0 Å². The molecule has 1 aliphatic carbocycles. The molecule has 28 heavy (non-hydrogen) atoms. The van der Waals surface area contributed by atoms with Crippen LogP contribution >= 0.6 is 0 Å². The molecule has 6 heteroatoms. The lowest BCUT2D eigenvalue weighted by molar-refractivity contribution is 0.0203. The van der Waals surface area contributed by atoms with Gasteiger partial charge in [0.05, 0.1) is 6.61 Å². The summed E-state index contributed by atoms with van der Waals surface area (Å²) >= 11 is 0. The third-order valence-electron chi connectivity index (χ3n) is 5.27. The van der Waals surface area contributed by atoms with Crippen LogP contribution in [0.5, 0.6) is 5.75 Å². The number of hydrogen-bond donors (Lipinski definition) is 2. The van der Waals surface area contributed by atoms with Crippen LogP contribution in [-0.4, -0.2) is 52.6 Å². The number of nitrogens with zero attached hydrogens (tertiary/aromatic N) is 1. The topological polar surface area (TPSA) is 64.1 Å². The van der Waals surface area contributed by atoms with Crippen molar-refractivity contribution >= 4 is 5.96 Å². The molecule has 0 amide bonds. The first-order valence-corrected chi connectivity index (χ1v) is 10.7. The van der Waals surface area contributed by atoms with E-state index < -0.39 is 0 Å². The van der Waals surface area contributed by atoms with E-state index in [1.165, 1.54) is 12.8 Å². The second kappa shape index (κ2) is 11.9. The molecule has 2 N–H and O–H groups in total. The van der Waals surface area contributed by atoms with Crippen LogP contribution in [0.25, 0.3) is 0 Å². The van der Waals surface area contributed by atoms with Crippen LogP contribution in [-0.2, 0) is 16.0 Å². The molecular formula is C22H35N3O3. The molecule has 0 atom stereocenters. The van der Waals surface area contributed by atoms with E-state index in [1.807, 2.05) is 18.2 Å². The third-order valence-corrected chi connectivity index (χ3v) is 5.27. The van der Waals surface area contributed by atoms with Crippen LogP contribution in [0, 0.1) is 11.8 Å². The summed E-state index contributed by atoms with van der Waals surface area (Å²) < 4.78 is 17.2. The number of guanidine groups is 1. The first-order valence-electron chi connectivity index (χ1n) is 10.7. The normalized spacial score (nSPS) is 18.1. The molecule has 0 spiro atoms. The summed E-state index contributed by atoms with van der Waals surface area (Å²) in [5.41, 5.74) is 1.16. The van der Waals surface area contributed by atoms with Gasteiger partial charge in [-0.15, -0.1) is 0 Å². The zero-order chi connectivity index (χ0) is 19.4. The van der Waals surface area contributed by atoms with Crippen molar-refractivity contribution in [1.29, 1.82) is 0 Å². The van der Waals surface area contributed by atoms with Crippen molar-refractivity contribution in [2.75, 3.05) is 46.6 Å². The van der Waals surface area contributed by atoms with Gasteiger partial charge >= 0.3 is 0 Å². The van der Waals surface area contributed by atoms with E-state index in [2.05, 4.69) is 21.7 Å². The van der Waals surface area contributed by atoms with Crippen molar-refractivity contribution < 1.29 is 14.2 Å². The minimum atomic E-state index is 0.665. The highest BCUT2D eigenvalue weighted by molar-refractivity contribution is 5.79. The Kier molecular flexibility index (Phi) is 8.91. The molecular weight excluding hydrogens is 354 g/mol. The van der Waals surface area contributed by atoms with Crippen molar-refractivity contribution in [2.24, 2.45) is 16.8 Å². The maximum atomic E-state index is 5.98. The Bertz CT molecular complexity index is 598. The van der Waals surface area contributed by atoms with Gasteiger partial charge in [0, 0.05) is 52.1 Å². The number of nitrogens with one attached hydrogen (secondary N) is 2. The van der Waals surface area contributed by atoms with E-state index >= 15 is 0 Å². The van der Waals surface area contributed by atoms with E-state index in [4.69, 9.17) is 14.2 Å². The Morgan fingerprint density at radius 3 is 2.64 bits per heavy atom. The molecule has 1 saturated carbocycles. The van der Waals surface area contributed by atoms with Gasteiger partial charge < -0.3 is 24.8 Å². The first-order chi connectivity index (χ1) is 13.8. The SMILES string of the molecule is CN=C(NCCCOCC1CCOCC1)NCc1ccccc1OCC1CC1. The predicted molar refractivity (Wildman–Crippen MR) is 112 cm³/mol. The summed E-state index contributed by atoms with van der Waals surface area (Å²) in [6, 6.07) is 8.23. The third kappa shape index (κ3) is 7.68. The lowest BCUT2D eigenvalue weighted by Crippen LogP contribution is -2.37. The largest absolute Gasteiger partial charge is 0.493 e. The molecule has 1 heterocycles. The number of para-hydroxylation sites is 1. The van der Waals surface area contributed by atoms with E-state index in [0.717, 1.165) is 82.0 Å². The Morgan fingerprint density at radius 2 is 1.86 bits per heavy atom. The smallest absolute Gasteiger partial charge is 0.191 e. The maximum Gasteiger partial charge on any atom is 0.191 e. The monoisotopic (exact) mass is 389 g/mol. The van der Waals surface area contributed by atoms with Gasteiger partial charge in [0.2, 0.25) is 0 Å². The van der Waals surface area contributed by atoms with Crippen LogP contribution in [0.15, 0.2) is 29.3 Å². The van der Waals surface area contributed by atoms with Crippen LogP contribution in [0.2, 0.25) is 0 Å². The summed E-state index contributed by atoms with van der Waals surface area (Å²) in [7, 11) is 1.80. The Labute approximate surface area is 169 Å². The molecule has 1 saturated heterocycles. The van der Waals surface area contributed by atoms with Crippen molar-refractivity contribution in [3.8, 4) is 5.75 Å². The number of aliphatic imine (C=N–C) groups is 1. The fraction of sp³-hybridized carbons (Fsp3) is 0.682. The molecule has 1 aromatic rings. The van der Waals surface area contributed by atoms with Crippen molar-refractivity contribution in [1.82, 2.24) is 10.6 Å². The molecule has 156 valence electrons. The average Bonchev–Trinajstić information content (AvgIpc) is 3.57. The minimum Gasteiger partial charge on any atom is -0.493 e. The fourth-order valence-corrected chi connectivity index (χ4v) is 3.23. The molecule has 1 aliphatic heterocycles. The first kappa shape index (κ1) is 20.9. The van der Waals surface area contributed by atoms with Crippen LogP contribution in [0.4, 0.5) is 0 Å². The fourth-order valence-electron chi connectivity index (χ4n) is 3.23. The summed E-state index contributed by atoms with van der Waals surface area (Å²) in [6.45, 7) is 5.76. The highest BCUT2D eigenvalue weighted by Crippen LogP contribution is 2.30. The molecule has 2 aliphatic rings. The van der Waals surface area contributed by atoms with Gasteiger partial charge in [0.1, 0.15) is 5.75 Å². The molecule has 3 rings (SSSR count). The zero-order valence-corrected chi connectivity index (χ0v) is 17.1. The predicted octanol–water partition coefficient (Wildman–Crippen LogP) is 2.97. The lowest BCUT2D eigenvalue weighted by Gasteiger charge is -2.21. The summed E-state index contributed by atoms with van der Waals surface area (Å²) in [4.78, 5) is 4.31. The highest BCUT2D eigenvalue weighted by Gasteiger charge is 2.22. The number of rotatable bonds is 11. The van der Waals surface area contributed by atoms with Crippen molar-refractivity contribution in [3.63, 3.8) is 0 Å². The van der Waals surface area contributed by atoms with E-state index in [9.17, 15) is 0 Å². The Hall–Kier alpha value is -1.79. The van der Waals surface area contributed by atoms with Crippen molar-refractivity contribution in [3.05, 3.63) is 29.8 Å². The van der Waals surface area contributed by atoms with Gasteiger partial charge in [0.15, 0.2) is 5.96 Å². The van der Waals surface area contributed by atoms with Crippen molar-refractivity contribution in [2.45, 2.75) is 38.6 Å². The summed E-state index contributed by atoms with van der Waals surface area (Å²) in [6.07, 6.45) is 5.82. The van der Waals surface area contributed by atoms with Gasteiger partial charge in [-0.05, 0) is 50.0 Å². The summed E-state index contributed by atoms with van der Waals surface area (Å²) in [5, 5.41) is 6.73. The number of ether oxygens (including phenoxy) is 3. The van der Waals surface area contributed by atoms with Gasteiger partial charge in [-0.3, -0.25) is 4.99 Å². The number of benzene rings is 1. The molecule has 0 unspecified atom stereocenters. The van der Waals surface area contributed by atoms with E-state index in [1.54, 1.807) is 7.05 Å². The molecule has 2 fully saturated rings. The second-order valence-corrected chi connectivity index (χ2v) is 7.70. The van der Waals surface area contributed by atoms with Gasteiger partial charge in [-0.2, -0.15) is 0 Å². The minimum absolute atomic E-state index is 0.665. The average molecular weight is 390 g/mol. The Balaban J connectivity index is 1.29. The standard InChI is InChI=1S/C22H35N3O3/c1-23-22(24-11-4-12-27-16-19-9-13-26-14-10-19)25-15-20-5-2-3-6-21(20)28-17-18-7-8-18/h2-3,5-6,18-19H,4,7-17H2,1H3,(H2,23,24,25). The lowest BCUT2D eigenvalue weighted by atomic mass is 10.0. The highest BCUT2D eigenvalue weighted by atomic mass is 16.5. The second-order valence-electron chi connectivity index (χ2n) is 7.70. The summed E-state index contributed by atoms with van der Waals surface area (Å²) in [5.74, 6) is 3.20. The Morgan fingerprint density at radius 1 is 1.07 bits per heavy atom. The molecule has 0 radical (unpaired) electrons. The quantitative estimate of drug-likeness (QED) is 0.346. The van der Waals surface area contributed by atoms with Crippen LogP contribution < -0.4 is 15.4 Å². The molecule has 1 aromatic carbocycles. The van der Waals surface area contributed by atoms with Crippen LogP contribution in [0.3, 0.4) is 0 Å². The van der Waals surface area contributed by atoms with E-state index in [0.29, 0.717) is 12.5 Å². The number of hydrogen-bond acceptors (Lipinski definition) is 4. The molecule has 0 bridgehead atoms. The van der Waals surface area contributed by atoms with Gasteiger partial charge in [-0.25, -0.2) is 0 Å². The zero-order valence-electron chi connectivity index (χ0n) is 17.1. The van der Waals surface area contributed by atoms with Gasteiger partial charge in [0.25, 0.3) is 0 Å². The van der Waals surface area contributed by atoms with Gasteiger partial charge in [-0.1, -0.05) is 18.2 Å².